The molecule has 0 radical (unpaired) electrons. The third kappa shape index (κ3) is 3.43. The standard InChI is InChI=1S/C29H26N2O8/c1-4-39-29(36)19-13-18-21-23(27(34)30(25(21)32)14-5-9-16(37-2)10-6-14)20(19)24-22(18)26(33)31(28(24)35)15-7-11-17(38-3)12-8-15/h5-13,18,20-24H,4H2,1-3H3. The minimum atomic E-state index is -0.970. The summed E-state index contributed by atoms with van der Waals surface area (Å²) in [5, 5.41) is 0. The number of hydrogen-bond acceptors (Lipinski definition) is 8. The van der Waals surface area contributed by atoms with Crippen molar-refractivity contribution in [1.82, 2.24) is 0 Å². The van der Waals surface area contributed by atoms with Gasteiger partial charge in [0.15, 0.2) is 0 Å². The first-order chi connectivity index (χ1) is 18.8. The second kappa shape index (κ2) is 9.07. The molecule has 200 valence electrons. The molecule has 2 heterocycles. The Morgan fingerprint density at radius 2 is 1.08 bits per heavy atom. The molecule has 5 aliphatic rings. The van der Waals surface area contributed by atoms with Gasteiger partial charge in [-0.05, 0) is 55.5 Å². The number of carbonyl (C=O) groups is 5. The number of carbonyl (C=O) groups excluding carboxylic acids is 5. The molecular weight excluding hydrogens is 504 g/mol. The summed E-state index contributed by atoms with van der Waals surface area (Å²) in [7, 11) is 3.02. The Hall–Kier alpha value is -4.47. The van der Waals surface area contributed by atoms with Crippen molar-refractivity contribution in [2.75, 3.05) is 30.6 Å². The van der Waals surface area contributed by atoms with Crippen LogP contribution in [0.3, 0.4) is 0 Å². The van der Waals surface area contributed by atoms with Gasteiger partial charge in [-0.15, -0.1) is 0 Å². The second-order valence-electron chi connectivity index (χ2n) is 9.97. The lowest BCUT2D eigenvalue weighted by Gasteiger charge is -2.46. The topological polar surface area (TPSA) is 120 Å². The minimum absolute atomic E-state index is 0.103. The van der Waals surface area contributed by atoms with Gasteiger partial charge >= 0.3 is 5.97 Å². The Labute approximate surface area is 224 Å². The van der Waals surface area contributed by atoms with Gasteiger partial charge in [0, 0.05) is 17.4 Å². The average Bonchev–Trinajstić information content (AvgIpc) is 3.39. The predicted octanol–water partition coefficient (Wildman–Crippen LogP) is 2.36. The Morgan fingerprint density at radius 3 is 1.46 bits per heavy atom. The van der Waals surface area contributed by atoms with E-state index in [1.807, 2.05) is 0 Å². The van der Waals surface area contributed by atoms with E-state index in [0.29, 0.717) is 22.9 Å². The molecule has 2 aromatic carbocycles. The van der Waals surface area contributed by atoms with Gasteiger partial charge in [0.2, 0.25) is 23.6 Å². The van der Waals surface area contributed by atoms with Crippen molar-refractivity contribution in [3.63, 3.8) is 0 Å². The monoisotopic (exact) mass is 530 g/mol. The molecule has 0 spiro atoms. The fourth-order valence-corrected chi connectivity index (χ4v) is 6.74. The SMILES string of the molecule is CCOC(=O)C1=CC2C3C(=O)N(c4ccc(OC)cc4)C(=O)C3C1C1C(=O)N(c3ccc(OC)cc3)C(=O)C21. The number of nitrogens with zero attached hydrogens (tertiary/aromatic N) is 2. The first-order valence-electron chi connectivity index (χ1n) is 12.7. The van der Waals surface area contributed by atoms with E-state index in [0.717, 1.165) is 9.80 Å². The van der Waals surface area contributed by atoms with Crippen LogP contribution in [0.25, 0.3) is 0 Å². The van der Waals surface area contributed by atoms with Crippen molar-refractivity contribution < 1.29 is 38.2 Å². The van der Waals surface area contributed by atoms with Gasteiger partial charge in [-0.3, -0.25) is 29.0 Å². The predicted molar refractivity (Wildman–Crippen MR) is 137 cm³/mol. The van der Waals surface area contributed by atoms with Gasteiger partial charge in [0.1, 0.15) is 11.5 Å². The van der Waals surface area contributed by atoms with Crippen LogP contribution in [0.1, 0.15) is 6.92 Å². The third-order valence-electron chi connectivity index (χ3n) is 8.30. The molecule has 2 aromatic rings. The van der Waals surface area contributed by atoms with E-state index in [9.17, 15) is 24.0 Å². The molecule has 4 unspecified atom stereocenters. The van der Waals surface area contributed by atoms with Gasteiger partial charge in [0.05, 0.1) is 55.9 Å². The second-order valence-corrected chi connectivity index (χ2v) is 9.97. The summed E-state index contributed by atoms with van der Waals surface area (Å²) in [6.45, 7) is 1.77. The highest BCUT2D eigenvalue weighted by Crippen LogP contribution is 2.61. The normalized spacial score (nSPS) is 28.8. The molecule has 2 saturated heterocycles. The quantitative estimate of drug-likeness (QED) is 0.413. The van der Waals surface area contributed by atoms with Crippen LogP contribution in [0.15, 0.2) is 60.2 Å². The molecule has 1 saturated carbocycles. The molecule has 10 heteroatoms. The summed E-state index contributed by atoms with van der Waals surface area (Å²) in [5.41, 5.74) is 0.903. The molecule has 10 nitrogen and oxygen atoms in total. The van der Waals surface area contributed by atoms with Crippen LogP contribution in [-0.4, -0.2) is 50.4 Å². The van der Waals surface area contributed by atoms with Crippen molar-refractivity contribution in [3.05, 3.63) is 60.2 Å². The molecule has 3 fully saturated rings. The minimum Gasteiger partial charge on any atom is -0.497 e. The lowest BCUT2D eigenvalue weighted by Crippen LogP contribution is -2.53. The van der Waals surface area contributed by atoms with Crippen molar-refractivity contribution in [2.24, 2.45) is 35.5 Å². The van der Waals surface area contributed by atoms with Gasteiger partial charge in [-0.1, -0.05) is 6.08 Å². The molecule has 0 aromatic heterocycles. The van der Waals surface area contributed by atoms with Crippen molar-refractivity contribution >= 4 is 41.0 Å². The zero-order valence-corrected chi connectivity index (χ0v) is 21.5. The van der Waals surface area contributed by atoms with Gasteiger partial charge in [-0.2, -0.15) is 0 Å². The van der Waals surface area contributed by atoms with Crippen LogP contribution in [0.5, 0.6) is 11.5 Å². The molecule has 4 atom stereocenters. The van der Waals surface area contributed by atoms with Crippen LogP contribution in [-0.2, 0) is 28.7 Å². The van der Waals surface area contributed by atoms with E-state index < -0.39 is 65.1 Å². The van der Waals surface area contributed by atoms with Gasteiger partial charge in [-0.25, -0.2) is 4.79 Å². The molecule has 3 aliphatic carbocycles. The maximum atomic E-state index is 13.9. The van der Waals surface area contributed by atoms with Crippen LogP contribution < -0.4 is 19.3 Å². The van der Waals surface area contributed by atoms with Crippen LogP contribution in [0, 0.1) is 35.5 Å². The number of benzene rings is 2. The molecule has 2 bridgehead atoms. The number of hydrogen-bond donors (Lipinski definition) is 0. The van der Waals surface area contributed by atoms with E-state index in [1.165, 1.54) is 14.2 Å². The third-order valence-corrected chi connectivity index (χ3v) is 8.30. The van der Waals surface area contributed by atoms with Crippen LogP contribution in [0.4, 0.5) is 11.4 Å². The first-order valence-corrected chi connectivity index (χ1v) is 12.7. The van der Waals surface area contributed by atoms with E-state index in [1.54, 1.807) is 61.5 Å². The first kappa shape index (κ1) is 24.8. The fraction of sp³-hybridized carbons (Fsp3) is 0.345. The number of imide groups is 2. The summed E-state index contributed by atoms with van der Waals surface area (Å²) in [5.74, 6) is -6.90. The van der Waals surface area contributed by atoms with E-state index in [4.69, 9.17) is 14.2 Å². The lowest BCUT2D eigenvalue weighted by atomic mass is 9.52. The van der Waals surface area contributed by atoms with E-state index >= 15 is 0 Å². The number of esters is 1. The van der Waals surface area contributed by atoms with Gasteiger partial charge in [0.25, 0.3) is 0 Å². The summed E-state index contributed by atoms with van der Waals surface area (Å²) in [4.78, 5) is 70.6. The Kier molecular flexibility index (Phi) is 5.78. The summed E-state index contributed by atoms with van der Waals surface area (Å²) in [6, 6.07) is 13.0. The zero-order valence-electron chi connectivity index (χ0n) is 21.5. The molecule has 39 heavy (non-hydrogen) atoms. The van der Waals surface area contributed by atoms with Gasteiger partial charge < -0.3 is 14.2 Å². The maximum absolute atomic E-state index is 13.9. The number of rotatable bonds is 6. The highest BCUT2D eigenvalue weighted by Gasteiger charge is 2.71. The van der Waals surface area contributed by atoms with E-state index in [2.05, 4.69) is 0 Å². The van der Waals surface area contributed by atoms with Crippen molar-refractivity contribution in [1.29, 1.82) is 0 Å². The zero-order chi connectivity index (χ0) is 27.6. The fourth-order valence-electron chi connectivity index (χ4n) is 6.74. The lowest BCUT2D eigenvalue weighted by molar-refractivity contribution is -0.146. The van der Waals surface area contributed by atoms with Crippen LogP contribution in [0.2, 0.25) is 0 Å². The molecule has 7 rings (SSSR count). The molecular formula is C29H26N2O8. The highest BCUT2D eigenvalue weighted by molar-refractivity contribution is 6.27. The molecule has 0 N–H and O–H groups in total. The van der Waals surface area contributed by atoms with E-state index in [-0.39, 0.29) is 12.2 Å². The smallest absolute Gasteiger partial charge is 0.334 e. The Morgan fingerprint density at radius 1 is 0.667 bits per heavy atom. The Balaban J connectivity index is 1.43. The largest absolute Gasteiger partial charge is 0.497 e. The Bertz CT molecular complexity index is 1340. The highest BCUT2D eigenvalue weighted by atomic mass is 16.5. The van der Waals surface area contributed by atoms with Crippen molar-refractivity contribution in [3.8, 4) is 11.5 Å². The number of allylic oxidation sites excluding steroid dienone is 1. The summed E-state index contributed by atoms with van der Waals surface area (Å²) >= 11 is 0. The van der Waals surface area contributed by atoms with Crippen LogP contribution >= 0.6 is 0 Å². The number of amides is 4. The number of ether oxygens (including phenoxy) is 3. The summed E-state index contributed by atoms with van der Waals surface area (Å²) < 4.78 is 15.6. The average molecular weight is 531 g/mol. The summed E-state index contributed by atoms with van der Waals surface area (Å²) in [6.07, 6.45) is 1.59. The number of anilines is 2. The molecule has 2 aliphatic heterocycles. The number of methoxy groups -OCH3 is 2. The molecule has 4 amide bonds. The maximum Gasteiger partial charge on any atom is 0.334 e. The van der Waals surface area contributed by atoms with Crippen molar-refractivity contribution in [2.45, 2.75) is 6.92 Å².